The van der Waals surface area contributed by atoms with Gasteiger partial charge < -0.3 is 11.1 Å². The first-order valence-corrected chi connectivity index (χ1v) is 5.56. The molecule has 15 heavy (non-hydrogen) atoms. The molecule has 1 heterocycles. The molecule has 1 amide bonds. The van der Waals surface area contributed by atoms with Gasteiger partial charge in [0.1, 0.15) is 0 Å². The standard InChI is InChI=1S/C10H16N2OS.ClH/c1-7(12-10(13)8(2)11)6-9-4-3-5-14-9;/h3-5,7-8H,6,11H2,1-2H3,(H,12,13);1H. The van der Waals surface area contributed by atoms with E-state index >= 15 is 0 Å². The lowest BCUT2D eigenvalue weighted by Gasteiger charge is -2.14. The lowest BCUT2D eigenvalue weighted by molar-refractivity contribution is -0.122. The highest BCUT2D eigenvalue weighted by atomic mass is 35.5. The molecule has 0 aromatic carbocycles. The summed E-state index contributed by atoms with van der Waals surface area (Å²) in [6.07, 6.45) is 0.871. The molecule has 5 heteroatoms. The van der Waals surface area contributed by atoms with Gasteiger partial charge >= 0.3 is 0 Å². The highest BCUT2D eigenvalue weighted by molar-refractivity contribution is 7.09. The van der Waals surface area contributed by atoms with Crippen LogP contribution in [0.1, 0.15) is 18.7 Å². The number of thiophene rings is 1. The second-order valence-electron chi connectivity index (χ2n) is 3.48. The third-order valence-corrected chi connectivity index (χ3v) is 2.79. The summed E-state index contributed by atoms with van der Waals surface area (Å²) in [5.41, 5.74) is 5.45. The first-order chi connectivity index (χ1) is 6.59. The fourth-order valence-corrected chi connectivity index (χ4v) is 1.99. The summed E-state index contributed by atoms with van der Waals surface area (Å²) in [4.78, 5) is 12.5. The van der Waals surface area contributed by atoms with E-state index in [1.165, 1.54) is 4.88 Å². The Kier molecular flexibility index (Phi) is 6.56. The molecule has 3 N–H and O–H groups in total. The van der Waals surface area contributed by atoms with Crippen molar-refractivity contribution in [2.24, 2.45) is 5.73 Å². The minimum Gasteiger partial charge on any atom is -0.352 e. The number of hydrogen-bond donors (Lipinski definition) is 2. The van der Waals surface area contributed by atoms with E-state index in [9.17, 15) is 4.79 Å². The molecule has 0 aliphatic rings. The Labute approximate surface area is 100 Å². The number of nitrogens with two attached hydrogens (primary N) is 1. The summed E-state index contributed by atoms with van der Waals surface area (Å²) < 4.78 is 0. The van der Waals surface area contributed by atoms with Crippen LogP contribution in [0.25, 0.3) is 0 Å². The van der Waals surface area contributed by atoms with Gasteiger partial charge in [0.2, 0.25) is 5.91 Å². The van der Waals surface area contributed by atoms with Gasteiger partial charge in [-0.3, -0.25) is 4.79 Å². The van der Waals surface area contributed by atoms with E-state index in [1.54, 1.807) is 18.3 Å². The van der Waals surface area contributed by atoms with E-state index in [1.807, 2.05) is 18.4 Å². The number of rotatable bonds is 4. The minimum atomic E-state index is -0.430. The van der Waals surface area contributed by atoms with Crippen molar-refractivity contribution in [1.29, 1.82) is 0 Å². The average molecular weight is 249 g/mol. The van der Waals surface area contributed by atoms with Crippen molar-refractivity contribution >= 4 is 29.7 Å². The number of hydrogen-bond acceptors (Lipinski definition) is 3. The monoisotopic (exact) mass is 248 g/mol. The maximum atomic E-state index is 11.2. The van der Waals surface area contributed by atoms with E-state index in [4.69, 9.17) is 5.73 Å². The van der Waals surface area contributed by atoms with Crippen LogP contribution in [0, 0.1) is 0 Å². The highest BCUT2D eigenvalue weighted by Gasteiger charge is 2.11. The second kappa shape index (κ2) is 6.82. The van der Waals surface area contributed by atoms with Crippen LogP contribution in [0.15, 0.2) is 17.5 Å². The molecule has 0 radical (unpaired) electrons. The summed E-state index contributed by atoms with van der Waals surface area (Å²) in [5.74, 6) is -0.0888. The Bertz CT molecular complexity index is 288. The highest BCUT2D eigenvalue weighted by Crippen LogP contribution is 2.10. The maximum Gasteiger partial charge on any atom is 0.236 e. The number of halogens is 1. The molecule has 0 saturated heterocycles. The topological polar surface area (TPSA) is 55.1 Å². The van der Waals surface area contributed by atoms with Crippen LogP contribution in [-0.4, -0.2) is 18.0 Å². The molecule has 0 aliphatic carbocycles. The zero-order chi connectivity index (χ0) is 10.6. The van der Waals surface area contributed by atoms with Crippen LogP contribution in [0.4, 0.5) is 0 Å². The number of amides is 1. The van der Waals surface area contributed by atoms with E-state index < -0.39 is 6.04 Å². The predicted octanol–water partition coefficient (Wildman–Crippen LogP) is 1.56. The molecule has 0 saturated carbocycles. The molecule has 1 aromatic heterocycles. The van der Waals surface area contributed by atoms with Crippen molar-refractivity contribution in [2.75, 3.05) is 0 Å². The quantitative estimate of drug-likeness (QED) is 0.850. The fourth-order valence-electron chi connectivity index (χ4n) is 1.16. The van der Waals surface area contributed by atoms with Crippen LogP contribution in [0.2, 0.25) is 0 Å². The van der Waals surface area contributed by atoms with Crippen molar-refractivity contribution in [3.05, 3.63) is 22.4 Å². The average Bonchev–Trinajstić information content (AvgIpc) is 2.56. The summed E-state index contributed by atoms with van der Waals surface area (Å²) in [6, 6.07) is 3.80. The molecule has 3 nitrogen and oxygen atoms in total. The summed E-state index contributed by atoms with van der Waals surface area (Å²) in [7, 11) is 0. The SMILES string of the molecule is CC(Cc1cccs1)NC(=O)C(C)N.Cl. The molecule has 0 fully saturated rings. The zero-order valence-electron chi connectivity index (χ0n) is 8.90. The third kappa shape index (κ3) is 5.16. The van der Waals surface area contributed by atoms with Crippen LogP contribution in [-0.2, 0) is 11.2 Å². The van der Waals surface area contributed by atoms with Crippen molar-refractivity contribution in [3.63, 3.8) is 0 Å². The molecule has 2 atom stereocenters. The normalized spacial score (nSPS) is 13.8. The predicted molar refractivity (Wildman–Crippen MR) is 66.5 cm³/mol. The Morgan fingerprint density at radius 1 is 1.60 bits per heavy atom. The van der Waals surface area contributed by atoms with E-state index in [2.05, 4.69) is 11.4 Å². The van der Waals surface area contributed by atoms with Crippen LogP contribution >= 0.6 is 23.7 Å². The van der Waals surface area contributed by atoms with Crippen molar-refractivity contribution in [2.45, 2.75) is 32.4 Å². The minimum absolute atomic E-state index is 0. The first-order valence-electron chi connectivity index (χ1n) is 4.68. The van der Waals surface area contributed by atoms with Crippen LogP contribution in [0.3, 0.4) is 0 Å². The molecule has 1 aromatic rings. The second-order valence-corrected chi connectivity index (χ2v) is 4.51. The lowest BCUT2D eigenvalue weighted by Crippen LogP contribution is -2.43. The smallest absolute Gasteiger partial charge is 0.236 e. The maximum absolute atomic E-state index is 11.2. The van der Waals surface area contributed by atoms with Crippen molar-refractivity contribution in [1.82, 2.24) is 5.32 Å². The Balaban J connectivity index is 0.00000196. The third-order valence-electron chi connectivity index (χ3n) is 1.89. The fraction of sp³-hybridized carbons (Fsp3) is 0.500. The van der Waals surface area contributed by atoms with Gasteiger partial charge in [-0.05, 0) is 25.3 Å². The Morgan fingerprint density at radius 2 is 2.27 bits per heavy atom. The van der Waals surface area contributed by atoms with Crippen LogP contribution in [0.5, 0.6) is 0 Å². The molecule has 2 unspecified atom stereocenters. The number of nitrogens with one attached hydrogen (secondary N) is 1. The van der Waals surface area contributed by atoms with Gasteiger partial charge in [-0.1, -0.05) is 6.07 Å². The van der Waals surface area contributed by atoms with Gasteiger partial charge in [0.05, 0.1) is 6.04 Å². The van der Waals surface area contributed by atoms with E-state index in [-0.39, 0.29) is 24.4 Å². The molecule has 0 bridgehead atoms. The summed E-state index contributed by atoms with van der Waals surface area (Å²) in [5, 5.41) is 4.90. The number of carbonyl (C=O) groups excluding carboxylic acids is 1. The number of carbonyl (C=O) groups is 1. The Hall–Kier alpha value is -0.580. The molecule has 0 aliphatic heterocycles. The first kappa shape index (κ1) is 14.4. The van der Waals surface area contributed by atoms with Crippen LogP contribution < -0.4 is 11.1 Å². The van der Waals surface area contributed by atoms with Crippen molar-refractivity contribution in [3.8, 4) is 0 Å². The van der Waals surface area contributed by atoms with E-state index in [0.717, 1.165) is 6.42 Å². The summed E-state index contributed by atoms with van der Waals surface area (Å²) in [6.45, 7) is 3.67. The lowest BCUT2D eigenvalue weighted by atomic mass is 10.2. The van der Waals surface area contributed by atoms with Gasteiger partial charge in [0, 0.05) is 17.3 Å². The largest absolute Gasteiger partial charge is 0.352 e. The van der Waals surface area contributed by atoms with Gasteiger partial charge in [-0.15, -0.1) is 23.7 Å². The molecular formula is C10H17ClN2OS. The van der Waals surface area contributed by atoms with Gasteiger partial charge in [0.25, 0.3) is 0 Å². The van der Waals surface area contributed by atoms with E-state index in [0.29, 0.717) is 0 Å². The zero-order valence-corrected chi connectivity index (χ0v) is 10.5. The van der Waals surface area contributed by atoms with Crippen molar-refractivity contribution < 1.29 is 4.79 Å². The molecular weight excluding hydrogens is 232 g/mol. The summed E-state index contributed by atoms with van der Waals surface area (Å²) >= 11 is 1.70. The van der Waals surface area contributed by atoms with Gasteiger partial charge in [0.15, 0.2) is 0 Å². The van der Waals surface area contributed by atoms with Gasteiger partial charge in [-0.25, -0.2) is 0 Å². The van der Waals surface area contributed by atoms with Gasteiger partial charge in [-0.2, -0.15) is 0 Å². The molecule has 0 spiro atoms. The Morgan fingerprint density at radius 3 is 2.73 bits per heavy atom. The molecule has 86 valence electrons. The molecule has 1 rings (SSSR count).